The molecule has 190 valence electrons. The second kappa shape index (κ2) is 9.37. The molecule has 3 aromatic carbocycles. The molecule has 1 aromatic heterocycles. The van der Waals surface area contributed by atoms with Crippen LogP contribution in [0.25, 0.3) is 11.1 Å². The predicted octanol–water partition coefficient (Wildman–Crippen LogP) is 4.87. The van der Waals surface area contributed by atoms with E-state index in [-0.39, 0.29) is 49.0 Å². The molecule has 0 radical (unpaired) electrons. The number of benzene rings is 3. The van der Waals surface area contributed by atoms with Gasteiger partial charge in [0, 0.05) is 37.1 Å². The topological polar surface area (TPSA) is 75.5 Å². The van der Waals surface area contributed by atoms with Crippen LogP contribution >= 0.6 is 0 Å². The molecule has 1 unspecified atom stereocenters. The first-order valence-corrected chi connectivity index (χ1v) is 12.6. The Morgan fingerprint density at radius 1 is 0.816 bits per heavy atom. The van der Waals surface area contributed by atoms with E-state index in [0.29, 0.717) is 34.7 Å². The number of carbonyl (C=O) groups is 3. The number of fused-ring (bicyclic) bond motifs is 2. The molecule has 2 aliphatic rings. The first-order valence-electron chi connectivity index (χ1n) is 12.6. The monoisotopic (exact) mass is 508 g/mol. The lowest BCUT2D eigenvalue weighted by Gasteiger charge is -2.28. The zero-order valence-corrected chi connectivity index (χ0v) is 20.8. The summed E-state index contributed by atoms with van der Waals surface area (Å²) in [5.74, 6) is -0.687. The van der Waals surface area contributed by atoms with Gasteiger partial charge in [0.05, 0.1) is 23.4 Å². The summed E-state index contributed by atoms with van der Waals surface area (Å²) in [5.41, 5.74) is 3.61. The third kappa shape index (κ3) is 3.98. The number of carbonyl (C=O) groups excluding carboxylic acids is 3. The standard InChI is InChI=1S/C30H25FN4O3/c1-19(21-11-12-22(25(31)17-21)20-7-3-2-4-8-20)26-18-27-33(28(36)13-14-35(27)32-26)15-16-34-29(37)23-9-5-6-10-24(23)30(34)38/h2-12,17-19H,13-16H2,1H3. The van der Waals surface area contributed by atoms with Gasteiger partial charge in [-0.15, -0.1) is 0 Å². The minimum absolute atomic E-state index is 0.0836. The highest BCUT2D eigenvalue weighted by Crippen LogP contribution is 2.32. The summed E-state index contributed by atoms with van der Waals surface area (Å²) in [6, 6.07) is 23.2. The van der Waals surface area contributed by atoms with Crippen LogP contribution in [0, 0.1) is 5.82 Å². The number of amides is 3. The minimum atomic E-state index is -0.348. The van der Waals surface area contributed by atoms with E-state index in [2.05, 4.69) is 0 Å². The number of halogens is 1. The molecule has 3 heterocycles. The number of rotatable bonds is 6. The summed E-state index contributed by atoms with van der Waals surface area (Å²) < 4.78 is 16.8. The smallest absolute Gasteiger partial charge is 0.261 e. The molecule has 4 aromatic rings. The van der Waals surface area contributed by atoms with E-state index in [9.17, 15) is 14.4 Å². The zero-order chi connectivity index (χ0) is 26.4. The van der Waals surface area contributed by atoms with Crippen LogP contribution in [0.1, 0.15) is 51.2 Å². The first-order chi connectivity index (χ1) is 18.4. The van der Waals surface area contributed by atoms with Gasteiger partial charge >= 0.3 is 0 Å². The van der Waals surface area contributed by atoms with Gasteiger partial charge in [0.15, 0.2) is 0 Å². The van der Waals surface area contributed by atoms with Crippen molar-refractivity contribution in [1.29, 1.82) is 0 Å². The third-order valence-corrected chi connectivity index (χ3v) is 7.34. The van der Waals surface area contributed by atoms with Crippen molar-refractivity contribution >= 4 is 23.5 Å². The Morgan fingerprint density at radius 2 is 1.47 bits per heavy atom. The number of aromatic nitrogens is 2. The van der Waals surface area contributed by atoms with Crippen molar-refractivity contribution in [3.63, 3.8) is 0 Å². The second-order valence-electron chi connectivity index (χ2n) is 9.58. The molecule has 2 aliphatic heterocycles. The van der Waals surface area contributed by atoms with Crippen LogP contribution in [0.15, 0.2) is 78.9 Å². The van der Waals surface area contributed by atoms with Crippen LogP contribution in [-0.2, 0) is 11.3 Å². The van der Waals surface area contributed by atoms with Crippen molar-refractivity contribution in [2.24, 2.45) is 0 Å². The van der Waals surface area contributed by atoms with Gasteiger partial charge in [0.25, 0.3) is 11.8 Å². The summed E-state index contributed by atoms with van der Waals surface area (Å²) in [5, 5.41) is 4.72. The van der Waals surface area contributed by atoms with Gasteiger partial charge in [0.2, 0.25) is 5.91 Å². The minimum Gasteiger partial charge on any atom is -0.295 e. The van der Waals surface area contributed by atoms with Gasteiger partial charge in [-0.25, -0.2) is 9.07 Å². The highest BCUT2D eigenvalue weighted by molar-refractivity contribution is 6.21. The van der Waals surface area contributed by atoms with Crippen LogP contribution in [0.2, 0.25) is 0 Å². The quantitative estimate of drug-likeness (QED) is 0.348. The normalized spacial score (nSPS) is 15.6. The molecule has 6 rings (SSSR count). The molecule has 3 amide bonds. The molecule has 1 atom stereocenters. The van der Waals surface area contributed by atoms with Gasteiger partial charge in [-0.1, -0.05) is 61.5 Å². The first kappa shape index (κ1) is 23.8. The molecule has 0 saturated heterocycles. The second-order valence-corrected chi connectivity index (χ2v) is 9.58. The van der Waals surface area contributed by atoms with E-state index >= 15 is 4.39 Å². The fourth-order valence-electron chi connectivity index (χ4n) is 5.19. The molecule has 0 fully saturated rings. The Balaban J connectivity index is 1.22. The van der Waals surface area contributed by atoms with Crippen molar-refractivity contribution in [3.8, 4) is 11.1 Å². The number of aryl methyl sites for hydroxylation is 1. The maximum atomic E-state index is 15.0. The lowest BCUT2D eigenvalue weighted by atomic mass is 9.95. The average Bonchev–Trinajstić information content (AvgIpc) is 3.48. The fourth-order valence-corrected chi connectivity index (χ4v) is 5.19. The van der Waals surface area contributed by atoms with Crippen LogP contribution < -0.4 is 4.90 Å². The van der Waals surface area contributed by atoms with E-state index in [1.807, 2.05) is 49.4 Å². The molecule has 0 spiro atoms. The molecular formula is C30H25FN4O3. The van der Waals surface area contributed by atoms with Crippen molar-refractivity contribution < 1.29 is 18.8 Å². The molecule has 8 heteroatoms. The highest BCUT2D eigenvalue weighted by Gasteiger charge is 2.36. The summed E-state index contributed by atoms with van der Waals surface area (Å²) >= 11 is 0. The van der Waals surface area contributed by atoms with Crippen molar-refractivity contribution in [2.75, 3.05) is 18.0 Å². The third-order valence-electron chi connectivity index (χ3n) is 7.34. The van der Waals surface area contributed by atoms with Gasteiger partial charge in [-0.05, 0) is 29.3 Å². The molecular weight excluding hydrogens is 483 g/mol. The van der Waals surface area contributed by atoms with Crippen molar-refractivity contribution in [3.05, 3.63) is 107 Å². The van der Waals surface area contributed by atoms with Gasteiger partial charge in [-0.3, -0.25) is 24.2 Å². The Labute approximate surface area is 219 Å². The lowest BCUT2D eigenvalue weighted by molar-refractivity contribution is -0.119. The van der Waals surface area contributed by atoms with E-state index < -0.39 is 0 Å². The Kier molecular flexibility index (Phi) is 5.87. The zero-order valence-electron chi connectivity index (χ0n) is 20.8. The number of imide groups is 1. The summed E-state index contributed by atoms with van der Waals surface area (Å²) in [7, 11) is 0. The SMILES string of the molecule is CC(c1ccc(-c2ccccc2)c(F)c1)c1cc2n(n1)CCC(=O)N2CCN1C(=O)c2ccccc2C1=O. The summed E-state index contributed by atoms with van der Waals surface area (Å²) in [4.78, 5) is 41.1. The Morgan fingerprint density at radius 3 is 2.16 bits per heavy atom. The number of anilines is 1. The number of nitrogens with zero attached hydrogens (tertiary/aromatic N) is 4. The molecule has 0 saturated carbocycles. The maximum absolute atomic E-state index is 15.0. The van der Waals surface area contributed by atoms with Crippen molar-refractivity contribution in [1.82, 2.24) is 14.7 Å². The van der Waals surface area contributed by atoms with E-state index in [1.54, 1.807) is 39.9 Å². The molecule has 0 N–H and O–H groups in total. The Hall–Kier alpha value is -4.59. The Bertz CT molecular complexity index is 1540. The average molecular weight is 509 g/mol. The van der Waals surface area contributed by atoms with Gasteiger partial charge < -0.3 is 0 Å². The largest absolute Gasteiger partial charge is 0.295 e. The van der Waals surface area contributed by atoms with E-state index in [4.69, 9.17) is 5.10 Å². The molecule has 7 nitrogen and oxygen atoms in total. The number of hydrogen-bond acceptors (Lipinski definition) is 4. The van der Waals surface area contributed by atoms with E-state index in [0.717, 1.165) is 11.1 Å². The maximum Gasteiger partial charge on any atom is 0.261 e. The van der Waals surface area contributed by atoms with Crippen LogP contribution in [0.5, 0.6) is 0 Å². The summed E-state index contributed by atoms with van der Waals surface area (Å²) in [6.45, 7) is 2.65. The molecule has 38 heavy (non-hydrogen) atoms. The van der Waals surface area contributed by atoms with Gasteiger partial charge in [-0.2, -0.15) is 5.10 Å². The predicted molar refractivity (Wildman–Crippen MR) is 140 cm³/mol. The van der Waals surface area contributed by atoms with Gasteiger partial charge in [0.1, 0.15) is 11.6 Å². The van der Waals surface area contributed by atoms with Crippen molar-refractivity contribution in [2.45, 2.75) is 25.8 Å². The molecule has 0 bridgehead atoms. The number of hydrogen-bond donors (Lipinski definition) is 0. The van der Waals surface area contributed by atoms with Crippen LogP contribution in [0.3, 0.4) is 0 Å². The highest BCUT2D eigenvalue weighted by atomic mass is 19.1. The lowest BCUT2D eigenvalue weighted by Crippen LogP contribution is -2.44. The van der Waals surface area contributed by atoms with Crippen LogP contribution in [-0.4, -0.2) is 45.5 Å². The van der Waals surface area contributed by atoms with Crippen LogP contribution in [0.4, 0.5) is 10.2 Å². The van der Waals surface area contributed by atoms with E-state index in [1.165, 1.54) is 11.0 Å². The molecule has 0 aliphatic carbocycles. The fraction of sp³-hybridized carbons (Fsp3) is 0.200. The summed E-state index contributed by atoms with van der Waals surface area (Å²) in [6.07, 6.45) is 0.269.